The summed E-state index contributed by atoms with van der Waals surface area (Å²) >= 11 is 0. The van der Waals surface area contributed by atoms with Crippen LogP contribution >= 0.6 is 0 Å². The summed E-state index contributed by atoms with van der Waals surface area (Å²) in [6.45, 7) is 1.17. The van der Waals surface area contributed by atoms with Crippen molar-refractivity contribution in [1.29, 1.82) is 0 Å². The molecule has 0 radical (unpaired) electrons. The molecule has 0 unspecified atom stereocenters. The molecule has 0 bridgehead atoms. The van der Waals surface area contributed by atoms with Crippen LogP contribution in [0.15, 0.2) is 48.5 Å². The Bertz CT molecular complexity index is 1030. The number of nitrogens with zero attached hydrogens (tertiary/aromatic N) is 2. The summed E-state index contributed by atoms with van der Waals surface area (Å²) in [5, 5.41) is 5.27. The maximum atomic E-state index is 13.3. The molecule has 2 aromatic carbocycles. The molecular formula is C25H29FN4O4. The van der Waals surface area contributed by atoms with Crippen LogP contribution < -0.4 is 15.5 Å². The second-order valence-electron chi connectivity index (χ2n) is 8.53. The van der Waals surface area contributed by atoms with E-state index in [1.165, 1.54) is 24.1 Å². The minimum atomic E-state index is -0.686. The number of hydrogen-bond acceptors (Lipinski definition) is 5. The van der Waals surface area contributed by atoms with Crippen molar-refractivity contribution in [1.82, 2.24) is 10.2 Å². The van der Waals surface area contributed by atoms with Crippen LogP contribution in [0.2, 0.25) is 0 Å². The van der Waals surface area contributed by atoms with E-state index in [1.807, 2.05) is 24.3 Å². The van der Waals surface area contributed by atoms with Gasteiger partial charge in [-0.1, -0.05) is 12.1 Å². The van der Waals surface area contributed by atoms with Gasteiger partial charge in [0.2, 0.25) is 11.8 Å². The van der Waals surface area contributed by atoms with Crippen molar-refractivity contribution in [3.63, 3.8) is 0 Å². The van der Waals surface area contributed by atoms with Crippen LogP contribution in [0.3, 0.4) is 0 Å². The van der Waals surface area contributed by atoms with Gasteiger partial charge in [0.25, 0.3) is 0 Å². The number of anilines is 2. The molecule has 9 heteroatoms. The number of hydrogen-bond donors (Lipinski definition) is 2. The van der Waals surface area contributed by atoms with E-state index in [1.54, 1.807) is 12.1 Å². The highest BCUT2D eigenvalue weighted by atomic mass is 19.1. The van der Waals surface area contributed by atoms with Gasteiger partial charge in [0, 0.05) is 24.5 Å². The zero-order valence-corrected chi connectivity index (χ0v) is 19.1. The maximum Gasteiger partial charge on any atom is 0.407 e. The standard InChI is InChI=1S/C25H29FN4O4/c1-34-25(33)27-16-23(31)30-15-3-5-22(30)24(32)28-19-10-6-17(7-11-19)21-4-2-14-29(21)20-12-8-18(26)9-13-20/h6-13,21-22H,2-5,14-16H2,1H3,(H,27,33)(H,28,32)/t21-,22-/m0/s1. The van der Waals surface area contributed by atoms with Gasteiger partial charge >= 0.3 is 6.09 Å². The summed E-state index contributed by atoms with van der Waals surface area (Å²) in [4.78, 5) is 40.3. The van der Waals surface area contributed by atoms with E-state index in [2.05, 4.69) is 20.3 Å². The van der Waals surface area contributed by atoms with Crippen LogP contribution in [0.4, 0.5) is 20.6 Å². The SMILES string of the molecule is COC(=O)NCC(=O)N1CCC[C@H]1C(=O)Nc1ccc([C@@H]2CCCN2c2ccc(F)cc2)cc1. The van der Waals surface area contributed by atoms with Crippen LogP contribution in [0.25, 0.3) is 0 Å². The van der Waals surface area contributed by atoms with Gasteiger partial charge in [-0.25, -0.2) is 9.18 Å². The number of ether oxygens (including phenoxy) is 1. The third kappa shape index (κ3) is 5.30. The van der Waals surface area contributed by atoms with Crippen molar-refractivity contribution in [3.05, 3.63) is 59.9 Å². The molecule has 0 aromatic heterocycles. The van der Waals surface area contributed by atoms with Gasteiger partial charge < -0.3 is 25.2 Å². The lowest BCUT2D eigenvalue weighted by atomic mass is 10.0. The molecule has 0 aliphatic carbocycles. The molecule has 2 saturated heterocycles. The van der Waals surface area contributed by atoms with Crippen molar-refractivity contribution in [2.45, 2.75) is 37.8 Å². The average Bonchev–Trinajstić information content (AvgIpc) is 3.53. The topological polar surface area (TPSA) is 91.0 Å². The molecule has 2 N–H and O–H groups in total. The highest BCUT2D eigenvalue weighted by Crippen LogP contribution is 2.36. The second kappa shape index (κ2) is 10.5. The monoisotopic (exact) mass is 468 g/mol. The molecule has 4 rings (SSSR count). The minimum Gasteiger partial charge on any atom is -0.453 e. The van der Waals surface area contributed by atoms with Crippen LogP contribution in [0, 0.1) is 5.82 Å². The molecule has 0 spiro atoms. The van der Waals surface area contributed by atoms with Gasteiger partial charge in [-0.3, -0.25) is 9.59 Å². The Morgan fingerprint density at radius 2 is 1.71 bits per heavy atom. The fourth-order valence-corrected chi connectivity index (χ4v) is 4.73. The number of carbonyl (C=O) groups excluding carboxylic acids is 3. The fraction of sp³-hybridized carbons (Fsp3) is 0.400. The normalized spacial score (nSPS) is 19.7. The highest BCUT2D eigenvalue weighted by Gasteiger charge is 2.34. The largest absolute Gasteiger partial charge is 0.453 e. The molecule has 34 heavy (non-hydrogen) atoms. The summed E-state index contributed by atoms with van der Waals surface area (Å²) in [6.07, 6.45) is 2.66. The zero-order valence-electron chi connectivity index (χ0n) is 19.1. The van der Waals surface area contributed by atoms with E-state index >= 15 is 0 Å². The maximum absolute atomic E-state index is 13.3. The first kappa shape index (κ1) is 23.5. The lowest BCUT2D eigenvalue weighted by molar-refractivity contribution is -0.135. The first-order chi connectivity index (χ1) is 16.5. The summed E-state index contributed by atoms with van der Waals surface area (Å²) in [5.41, 5.74) is 2.78. The van der Waals surface area contributed by atoms with Crippen molar-refractivity contribution in [2.24, 2.45) is 0 Å². The van der Waals surface area contributed by atoms with E-state index in [0.29, 0.717) is 18.7 Å². The minimum absolute atomic E-state index is 0.195. The molecule has 3 amide bonds. The van der Waals surface area contributed by atoms with Crippen LogP contribution in [0.5, 0.6) is 0 Å². The highest BCUT2D eigenvalue weighted by molar-refractivity contribution is 5.98. The quantitative estimate of drug-likeness (QED) is 0.678. The van der Waals surface area contributed by atoms with Gasteiger partial charge in [0.15, 0.2) is 0 Å². The number of nitrogens with one attached hydrogen (secondary N) is 2. The summed E-state index contributed by atoms with van der Waals surface area (Å²) in [7, 11) is 1.23. The lowest BCUT2D eigenvalue weighted by Crippen LogP contribution is -2.47. The van der Waals surface area contributed by atoms with Crippen LogP contribution in [0.1, 0.15) is 37.3 Å². The van der Waals surface area contributed by atoms with Crippen molar-refractivity contribution in [3.8, 4) is 0 Å². The Morgan fingerprint density at radius 1 is 1.00 bits per heavy atom. The smallest absolute Gasteiger partial charge is 0.407 e. The third-order valence-corrected chi connectivity index (χ3v) is 6.42. The first-order valence-electron chi connectivity index (χ1n) is 11.5. The molecule has 2 aliphatic rings. The Labute approximate surface area is 198 Å². The number of likely N-dealkylation sites (tertiary alicyclic amines) is 1. The number of rotatable bonds is 6. The Morgan fingerprint density at radius 3 is 2.41 bits per heavy atom. The predicted molar refractivity (Wildman–Crippen MR) is 126 cm³/mol. The number of halogens is 1. The van der Waals surface area contributed by atoms with Crippen molar-refractivity contribution in [2.75, 3.05) is 37.0 Å². The second-order valence-corrected chi connectivity index (χ2v) is 8.53. The van der Waals surface area contributed by atoms with Gasteiger partial charge in [-0.15, -0.1) is 0 Å². The zero-order chi connectivity index (χ0) is 24.1. The number of amides is 3. The average molecular weight is 469 g/mol. The van der Waals surface area contributed by atoms with Crippen molar-refractivity contribution >= 4 is 29.3 Å². The predicted octanol–water partition coefficient (Wildman–Crippen LogP) is 3.45. The summed E-state index contributed by atoms with van der Waals surface area (Å²) in [6, 6.07) is 13.9. The summed E-state index contributed by atoms with van der Waals surface area (Å²) < 4.78 is 17.8. The number of benzene rings is 2. The Kier molecular flexibility index (Phi) is 7.30. The van der Waals surface area contributed by atoms with Gasteiger partial charge in [-0.05, 0) is 67.6 Å². The number of methoxy groups -OCH3 is 1. The molecule has 2 fully saturated rings. The third-order valence-electron chi connectivity index (χ3n) is 6.42. The molecule has 2 aromatic rings. The fourth-order valence-electron chi connectivity index (χ4n) is 4.73. The number of carbonyl (C=O) groups is 3. The molecule has 180 valence electrons. The van der Waals surface area contributed by atoms with E-state index < -0.39 is 12.1 Å². The molecule has 2 aliphatic heterocycles. The molecular weight excluding hydrogens is 439 g/mol. The Hall–Kier alpha value is -3.62. The molecule has 2 heterocycles. The van der Waals surface area contributed by atoms with Gasteiger partial charge in [0.05, 0.1) is 13.2 Å². The molecule has 8 nitrogen and oxygen atoms in total. The van der Waals surface area contributed by atoms with Crippen molar-refractivity contribution < 1.29 is 23.5 Å². The van der Waals surface area contributed by atoms with E-state index in [0.717, 1.165) is 37.1 Å². The van der Waals surface area contributed by atoms with E-state index in [9.17, 15) is 18.8 Å². The lowest BCUT2D eigenvalue weighted by Gasteiger charge is -2.27. The van der Waals surface area contributed by atoms with Gasteiger partial charge in [-0.2, -0.15) is 0 Å². The molecule has 0 saturated carbocycles. The van der Waals surface area contributed by atoms with E-state index in [-0.39, 0.29) is 30.2 Å². The molecule has 2 atom stereocenters. The first-order valence-corrected chi connectivity index (χ1v) is 11.5. The van der Waals surface area contributed by atoms with E-state index in [4.69, 9.17) is 0 Å². The van der Waals surface area contributed by atoms with Gasteiger partial charge in [0.1, 0.15) is 18.4 Å². The van der Waals surface area contributed by atoms with Crippen LogP contribution in [-0.2, 0) is 14.3 Å². The van der Waals surface area contributed by atoms with Crippen LogP contribution in [-0.4, -0.2) is 55.6 Å². The summed E-state index contributed by atoms with van der Waals surface area (Å²) in [5.74, 6) is -0.812. The number of alkyl carbamates (subject to hydrolysis) is 1. The Balaban J connectivity index is 1.37.